The zero-order chi connectivity index (χ0) is 19.6. The molecule has 0 saturated carbocycles. The van der Waals surface area contributed by atoms with E-state index in [-0.39, 0.29) is 30.1 Å². The molecule has 1 aromatic rings. The number of nitrogens with zero attached hydrogens (tertiary/aromatic N) is 3. The van der Waals surface area contributed by atoms with E-state index in [1.165, 1.54) is 20.9 Å². The molecule has 0 radical (unpaired) electrons. The highest BCUT2D eigenvalue weighted by molar-refractivity contribution is 6.56. The summed E-state index contributed by atoms with van der Waals surface area (Å²) in [6, 6.07) is 2.25. The maximum absolute atomic E-state index is 13.9. The number of imide groups is 1. The average Bonchev–Trinajstić information content (AvgIpc) is 2.87. The molecule has 7 nitrogen and oxygen atoms in total. The molecule has 2 aliphatic heterocycles. The molecule has 0 spiro atoms. The molecule has 2 heterocycles. The van der Waals surface area contributed by atoms with Gasteiger partial charge in [0.1, 0.15) is 29.4 Å². The molecule has 0 bridgehead atoms. The zero-order valence-corrected chi connectivity index (χ0v) is 15.5. The van der Waals surface area contributed by atoms with Gasteiger partial charge in [-0.05, 0) is 23.8 Å². The number of carbonyl (C=O) groups excluding carboxylic acids is 3. The van der Waals surface area contributed by atoms with Gasteiger partial charge in [0.25, 0.3) is 13.9 Å². The lowest BCUT2D eigenvalue weighted by molar-refractivity contribution is -0.148. The Hall–Kier alpha value is -2.16. The Kier molecular flexibility index (Phi) is 4.06. The second-order valence-corrected chi connectivity index (χ2v) is 7.87. The molecule has 0 aliphatic carbocycles. The third-order valence-corrected chi connectivity index (χ3v) is 5.36. The van der Waals surface area contributed by atoms with Crippen molar-refractivity contribution in [3.8, 4) is 0 Å². The molecule has 3 amide bonds. The number of hydrogen-bond acceptors (Lipinski definition) is 5. The summed E-state index contributed by atoms with van der Waals surface area (Å²) in [4.78, 5) is 41.4. The molecule has 1 fully saturated rings. The fraction of sp³-hybridized carbons (Fsp3) is 0.308. The van der Waals surface area contributed by atoms with E-state index in [9.17, 15) is 24.0 Å². The molecule has 130 valence electrons. The summed E-state index contributed by atoms with van der Waals surface area (Å²) in [5.41, 5.74) is -0.504. The summed E-state index contributed by atoms with van der Waals surface area (Å²) in [6.45, 7) is 0.0506. The van der Waals surface area contributed by atoms with Crippen molar-refractivity contribution in [1.29, 1.82) is 0 Å². The summed E-state index contributed by atoms with van der Waals surface area (Å²) in [5.74, 6) is -1.91. The Morgan fingerprint density at radius 2 is 1.77 bits per heavy atom. The van der Waals surface area contributed by atoms with E-state index in [0.29, 0.717) is 5.56 Å². The molecular weight excluding hydrogens is 335 g/mol. The van der Waals surface area contributed by atoms with E-state index in [0.717, 1.165) is 21.9 Å². The minimum absolute atomic E-state index is 0.0506. The zero-order valence-electron chi connectivity index (χ0n) is 15.5. The van der Waals surface area contributed by atoms with Gasteiger partial charge in [-0.15, -0.1) is 0 Å². The molecular formula is C13H17B5FN3O4. The molecule has 1 unspecified atom stereocenters. The van der Waals surface area contributed by atoms with Crippen LogP contribution in [0.5, 0.6) is 0 Å². The van der Waals surface area contributed by atoms with E-state index in [4.69, 9.17) is 0 Å². The quantitative estimate of drug-likeness (QED) is 0.330. The maximum atomic E-state index is 13.9. The number of amides is 3. The molecule has 1 aromatic carbocycles. The lowest BCUT2D eigenvalue weighted by Gasteiger charge is -2.49. The summed E-state index contributed by atoms with van der Waals surface area (Å²) < 4.78 is 13.9. The standard InChI is InChI=1S/C13H17B5FN3O4/c14-12(15)4-13(16,11(25)21(17)10(12)24)20-3-7-6(9(20)23)1-5(19)2-8(7)22(18)26/h1-2,26H,3-4,14-18H2. The highest BCUT2D eigenvalue weighted by Crippen LogP contribution is 2.43. The second-order valence-electron chi connectivity index (χ2n) is 7.87. The van der Waals surface area contributed by atoms with Gasteiger partial charge >= 0.3 is 0 Å². The van der Waals surface area contributed by atoms with Crippen LogP contribution in [0.15, 0.2) is 12.1 Å². The van der Waals surface area contributed by atoms with Crippen LogP contribution in [-0.4, -0.2) is 77.6 Å². The van der Waals surface area contributed by atoms with Gasteiger partial charge in [-0.25, -0.2) is 4.39 Å². The van der Waals surface area contributed by atoms with Gasteiger partial charge in [-0.1, -0.05) is 0 Å². The molecule has 26 heavy (non-hydrogen) atoms. The number of piperidine rings is 1. The fourth-order valence-electron chi connectivity index (χ4n) is 4.17. The van der Waals surface area contributed by atoms with E-state index in [2.05, 4.69) is 0 Å². The topological polar surface area (TPSA) is 81.2 Å². The SMILES string of the molecule is BN1C(=O)C(B)(B)CC(B)(N2Cc3c(cc(F)cc3N(B)O)C2=O)C1=O. The highest BCUT2D eigenvalue weighted by Gasteiger charge is 2.55. The van der Waals surface area contributed by atoms with Crippen LogP contribution in [0.4, 0.5) is 10.1 Å². The first-order valence-electron chi connectivity index (χ1n) is 8.30. The molecule has 0 aromatic heterocycles. The number of rotatable bonds is 2. The smallest absolute Gasteiger partial charge is 0.255 e. The van der Waals surface area contributed by atoms with Crippen LogP contribution in [-0.2, 0) is 16.1 Å². The first-order chi connectivity index (χ1) is 11.9. The summed E-state index contributed by atoms with van der Waals surface area (Å²) in [6.07, 6.45) is 0.161. The van der Waals surface area contributed by atoms with Crippen molar-refractivity contribution in [2.24, 2.45) is 0 Å². The van der Waals surface area contributed by atoms with Crippen molar-refractivity contribution in [2.45, 2.75) is 23.6 Å². The van der Waals surface area contributed by atoms with Gasteiger partial charge in [0.2, 0.25) is 19.8 Å². The third kappa shape index (κ3) is 2.48. The molecule has 3 rings (SSSR count). The monoisotopic (exact) mass is 353 g/mol. The highest BCUT2D eigenvalue weighted by atomic mass is 19.1. The van der Waals surface area contributed by atoms with Crippen LogP contribution in [0.3, 0.4) is 0 Å². The maximum Gasteiger partial charge on any atom is 0.255 e. The van der Waals surface area contributed by atoms with Crippen LogP contribution in [0, 0.1) is 5.82 Å². The Labute approximate surface area is 154 Å². The third-order valence-electron chi connectivity index (χ3n) is 5.36. The van der Waals surface area contributed by atoms with E-state index >= 15 is 0 Å². The summed E-state index contributed by atoms with van der Waals surface area (Å²) >= 11 is 0. The first kappa shape index (κ1) is 18.6. The van der Waals surface area contributed by atoms with Gasteiger partial charge in [-0.2, -0.15) is 0 Å². The predicted molar refractivity (Wildman–Crippen MR) is 105 cm³/mol. The molecule has 1 N–H and O–H groups in total. The Balaban J connectivity index is 2.08. The lowest BCUT2D eigenvalue weighted by Crippen LogP contribution is -2.67. The van der Waals surface area contributed by atoms with E-state index in [1.54, 1.807) is 23.5 Å². The molecule has 13 heteroatoms. The lowest BCUT2D eigenvalue weighted by atomic mass is 9.44. The van der Waals surface area contributed by atoms with Crippen molar-refractivity contribution >= 4 is 62.9 Å². The van der Waals surface area contributed by atoms with Crippen molar-refractivity contribution < 1.29 is 24.0 Å². The van der Waals surface area contributed by atoms with Crippen molar-refractivity contribution in [1.82, 2.24) is 9.71 Å². The van der Waals surface area contributed by atoms with Crippen LogP contribution in [0.25, 0.3) is 0 Å². The molecule has 1 saturated heterocycles. The Bertz CT molecular complexity index is 851. The van der Waals surface area contributed by atoms with E-state index < -0.39 is 28.3 Å². The number of fused-ring (bicyclic) bond motifs is 1. The van der Waals surface area contributed by atoms with Gasteiger partial charge in [-0.3, -0.25) is 14.4 Å². The number of benzene rings is 1. The predicted octanol–water partition coefficient (Wildman–Crippen LogP) is -4.46. The minimum Gasteiger partial charge on any atom is -0.336 e. The van der Waals surface area contributed by atoms with Gasteiger partial charge < -0.3 is 19.9 Å². The van der Waals surface area contributed by atoms with Crippen molar-refractivity contribution in [2.75, 3.05) is 4.97 Å². The van der Waals surface area contributed by atoms with E-state index in [1.807, 2.05) is 0 Å². The van der Waals surface area contributed by atoms with Crippen LogP contribution in [0.1, 0.15) is 22.3 Å². The van der Waals surface area contributed by atoms with Crippen LogP contribution < -0.4 is 4.97 Å². The van der Waals surface area contributed by atoms with Crippen LogP contribution >= 0.6 is 0 Å². The summed E-state index contributed by atoms with van der Waals surface area (Å²) in [7, 11) is 7.84. The number of anilines is 1. The van der Waals surface area contributed by atoms with Gasteiger partial charge in [0, 0.05) is 17.7 Å². The second kappa shape index (κ2) is 5.67. The molecule has 2 aliphatic rings. The fourth-order valence-corrected chi connectivity index (χ4v) is 4.17. The summed E-state index contributed by atoms with van der Waals surface area (Å²) in [5, 5.41) is 8.96. The number of halogens is 1. The van der Waals surface area contributed by atoms with Crippen molar-refractivity contribution in [3.05, 3.63) is 29.1 Å². The van der Waals surface area contributed by atoms with Gasteiger partial charge in [0.05, 0.1) is 11.1 Å². The van der Waals surface area contributed by atoms with Crippen LogP contribution in [0.2, 0.25) is 5.21 Å². The molecule has 1 atom stereocenters. The van der Waals surface area contributed by atoms with Crippen molar-refractivity contribution in [3.63, 3.8) is 0 Å². The number of hydrogen-bond donors (Lipinski definition) is 1. The first-order valence-corrected chi connectivity index (χ1v) is 8.30. The minimum atomic E-state index is -1.25. The normalized spacial score (nSPS) is 24.8. The largest absolute Gasteiger partial charge is 0.336 e. The van der Waals surface area contributed by atoms with Gasteiger partial charge in [0.15, 0.2) is 0 Å². The Morgan fingerprint density at radius 3 is 2.35 bits per heavy atom. The Morgan fingerprint density at radius 1 is 1.15 bits per heavy atom. The average molecular weight is 352 g/mol. The number of carbonyl (C=O) groups is 3.